The third kappa shape index (κ3) is 3.78. The molecule has 0 aliphatic carbocycles. The minimum Gasteiger partial charge on any atom is -0.422 e. The van der Waals surface area contributed by atoms with Crippen LogP contribution in [0.1, 0.15) is 38.3 Å². The highest BCUT2D eigenvalue weighted by molar-refractivity contribution is 5.84. The molecule has 0 spiro atoms. The lowest BCUT2D eigenvalue weighted by Gasteiger charge is -2.21. The maximum absolute atomic E-state index is 12.3. The Kier molecular flexibility index (Phi) is 6.01. The number of benzene rings is 1. The number of aryl methyl sites for hydroxylation is 1. The molecule has 0 radical (unpaired) electrons. The molecule has 1 N–H and O–H groups in total. The average molecular weight is 330 g/mol. The van der Waals surface area contributed by atoms with Crippen LogP contribution >= 0.6 is 0 Å². The summed E-state index contributed by atoms with van der Waals surface area (Å²) < 4.78 is 5.54. The summed E-state index contributed by atoms with van der Waals surface area (Å²) in [6.07, 6.45) is 0.924. The van der Waals surface area contributed by atoms with Crippen molar-refractivity contribution in [2.75, 3.05) is 24.5 Å². The smallest absolute Gasteiger partial charge is 0.339 e. The van der Waals surface area contributed by atoms with Crippen molar-refractivity contribution in [3.63, 3.8) is 0 Å². The molecule has 24 heavy (non-hydrogen) atoms. The quantitative estimate of drug-likeness (QED) is 0.793. The molecule has 0 fully saturated rings. The van der Waals surface area contributed by atoms with Crippen LogP contribution in [0.2, 0.25) is 0 Å². The molecule has 0 aliphatic rings. The third-order valence-corrected chi connectivity index (χ3v) is 4.42. The van der Waals surface area contributed by atoms with E-state index in [4.69, 9.17) is 4.42 Å². The number of nitrogens with one attached hydrogen (secondary N) is 1. The summed E-state index contributed by atoms with van der Waals surface area (Å²) in [4.78, 5) is 25.9. The highest BCUT2D eigenvalue weighted by Crippen LogP contribution is 2.25. The normalized spacial score (nSPS) is 10.8. The lowest BCUT2D eigenvalue weighted by Crippen LogP contribution is -2.26. The second kappa shape index (κ2) is 7.99. The van der Waals surface area contributed by atoms with Gasteiger partial charge in [0.25, 0.3) is 0 Å². The molecular weight excluding hydrogens is 304 g/mol. The van der Waals surface area contributed by atoms with Crippen molar-refractivity contribution in [1.82, 2.24) is 5.32 Å². The van der Waals surface area contributed by atoms with Gasteiger partial charge in [0.2, 0.25) is 5.91 Å². The Labute approximate surface area is 142 Å². The fourth-order valence-electron chi connectivity index (χ4n) is 2.91. The lowest BCUT2D eigenvalue weighted by atomic mass is 10.0. The van der Waals surface area contributed by atoms with Crippen LogP contribution in [0.5, 0.6) is 0 Å². The number of anilines is 1. The molecule has 1 amide bonds. The van der Waals surface area contributed by atoms with Crippen molar-refractivity contribution in [3.05, 3.63) is 39.7 Å². The van der Waals surface area contributed by atoms with Gasteiger partial charge in [-0.05, 0) is 44.9 Å². The zero-order chi connectivity index (χ0) is 17.7. The van der Waals surface area contributed by atoms with Crippen LogP contribution < -0.4 is 15.8 Å². The average Bonchev–Trinajstić information content (AvgIpc) is 2.58. The standard InChI is InChI=1S/C19H26N2O3/c1-5-18(22)20-11-10-16-13(4)15-9-8-14(21(6-2)7-3)12-17(15)24-19(16)23/h8-9,12H,5-7,10-11H2,1-4H3,(H,20,22). The van der Waals surface area contributed by atoms with Gasteiger partial charge < -0.3 is 14.6 Å². The van der Waals surface area contributed by atoms with Crippen molar-refractivity contribution in [2.24, 2.45) is 0 Å². The maximum atomic E-state index is 12.3. The van der Waals surface area contributed by atoms with Gasteiger partial charge in [-0.25, -0.2) is 4.79 Å². The van der Waals surface area contributed by atoms with Crippen molar-refractivity contribution in [2.45, 2.75) is 40.5 Å². The molecule has 5 heteroatoms. The number of fused-ring (bicyclic) bond motifs is 1. The van der Waals surface area contributed by atoms with E-state index in [2.05, 4.69) is 30.1 Å². The van der Waals surface area contributed by atoms with E-state index in [9.17, 15) is 9.59 Å². The van der Waals surface area contributed by atoms with E-state index < -0.39 is 0 Å². The number of hydrogen-bond acceptors (Lipinski definition) is 4. The maximum Gasteiger partial charge on any atom is 0.339 e. The largest absolute Gasteiger partial charge is 0.422 e. The first-order valence-electron chi connectivity index (χ1n) is 8.59. The number of rotatable bonds is 7. The van der Waals surface area contributed by atoms with Gasteiger partial charge in [-0.3, -0.25) is 4.79 Å². The van der Waals surface area contributed by atoms with E-state index in [0.29, 0.717) is 30.5 Å². The van der Waals surface area contributed by atoms with Gasteiger partial charge in [0, 0.05) is 48.8 Å². The van der Waals surface area contributed by atoms with Crippen LogP contribution in [-0.2, 0) is 11.2 Å². The summed E-state index contributed by atoms with van der Waals surface area (Å²) in [5.41, 5.74) is 2.91. The highest BCUT2D eigenvalue weighted by Gasteiger charge is 2.13. The molecule has 0 saturated heterocycles. The summed E-state index contributed by atoms with van der Waals surface area (Å²) in [5, 5.41) is 3.74. The summed E-state index contributed by atoms with van der Waals surface area (Å²) in [6, 6.07) is 6.00. The molecule has 0 bridgehead atoms. The molecule has 1 aromatic carbocycles. The number of carbonyl (C=O) groups is 1. The fourth-order valence-corrected chi connectivity index (χ4v) is 2.91. The fraction of sp³-hybridized carbons (Fsp3) is 0.474. The van der Waals surface area contributed by atoms with Crippen LogP contribution in [0.15, 0.2) is 27.4 Å². The zero-order valence-electron chi connectivity index (χ0n) is 14.9. The Morgan fingerprint density at radius 2 is 1.92 bits per heavy atom. The van der Waals surface area contributed by atoms with Gasteiger partial charge in [-0.2, -0.15) is 0 Å². The number of nitrogens with zero attached hydrogens (tertiary/aromatic N) is 1. The van der Waals surface area contributed by atoms with E-state index in [1.807, 2.05) is 19.1 Å². The minimum atomic E-state index is -0.317. The summed E-state index contributed by atoms with van der Waals surface area (Å²) >= 11 is 0. The van der Waals surface area contributed by atoms with E-state index in [1.165, 1.54) is 0 Å². The van der Waals surface area contributed by atoms with Crippen LogP contribution in [0.4, 0.5) is 5.69 Å². The summed E-state index contributed by atoms with van der Waals surface area (Å²) in [5.74, 6) is -0.0123. The Morgan fingerprint density at radius 1 is 1.21 bits per heavy atom. The number of amides is 1. The predicted octanol–water partition coefficient (Wildman–Crippen LogP) is 3.02. The van der Waals surface area contributed by atoms with Gasteiger partial charge in [-0.1, -0.05) is 6.92 Å². The second-order valence-electron chi connectivity index (χ2n) is 5.80. The van der Waals surface area contributed by atoms with Gasteiger partial charge in [-0.15, -0.1) is 0 Å². The summed E-state index contributed by atoms with van der Waals surface area (Å²) in [7, 11) is 0. The van der Waals surface area contributed by atoms with Gasteiger partial charge in [0.1, 0.15) is 5.58 Å². The lowest BCUT2D eigenvalue weighted by molar-refractivity contribution is -0.120. The van der Waals surface area contributed by atoms with E-state index >= 15 is 0 Å². The van der Waals surface area contributed by atoms with Gasteiger partial charge in [0.05, 0.1) is 0 Å². The van der Waals surface area contributed by atoms with Gasteiger partial charge >= 0.3 is 5.63 Å². The topological polar surface area (TPSA) is 62.6 Å². The van der Waals surface area contributed by atoms with E-state index in [-0.39, 0.29) is 11.5 Å². The van der Waals surface area contributed by atoms with Crippen molar-refractivity contribution < 1.29 is 9.21 Å². The molecule has 130 valence electrons. The molecule has 0 saturated carbocycles. The van der Waals surface area contributed by atoms with Gasteiger partial charge in [0.15, 0.2) is 0 Å². The Bertz CT molecular complexity index is 776. The molecule has 0 unspecified atom stereocenters. The Morgan fingerprint density at radius 3 is 2.54 bits per heavy atom. The summed E-state index contributed by atoms with van der Waals surface area (Å²) in [6.45, 7) is 10.2. The van der Waals surface area contributed by atoms with Crippen molar-refractivity contribution in [3.8, 4) is 0 Å². The molecule has 1 aromatic heterocycles. The highest BCUT2D eigenvalue weighted by atomic mass is 16.4. The van der Waals surface area contributed by atoms with Crippen LogP contribution in [0, 0.1) is 6.92 Å². The molecule has 2 aromatic rings. The SMILES string of the molecule is CCC(=O)NCCc1c(C)c2ccc(N(CC)CC)cc2oc1=O. The zero-order valence-corrected chi connectivity index (χ0v) is 14.9. The second-order valence-corrected chi connectivity index (χ2v) is 5.80. The first-order chi connectivity index (χ1) is 11.5. The van der Waals surface area contributed by atoms with E-state index in [1.54, 1.807) is 6.92 Å². The molecule has 0 atom stereocenters. The molecule has 1 heterocycles. The third-order valence-electron chi connectivity index (χ3n) is 4.42. The van der Waals surface area contributed by atoms with Crippen LogP contribution in [-0.4, -0.2) is 25.5 Å². The van der Waals surface area contributed by atoms with Crippen LogP contribution in [0.3, 0.4) is 0 Å². The molecule has 0 aliphatic heterocycles. The first kappa shape index (κ1) is 18.0. The van der Waals surface area contributed by atoms with Crippen molar-refractivity contribution in [1.29, 1.82) is 0 Å². The predicted molar refractivity (Wildman–Crippen MR) is 97.8 cm³/mol. The van der Waals surface area contributed by atoms with Crippen molar-refractivity contribution >= 4 is 22.6 Å². The Hall–Kier alpha value is -2.30. The number of hydrogen-bond donors (Lipinski definition) is 1. The molecule has 2 rings (SSSR count). The first-order valence-corrected chi connectivity index (χ1v) is 8.59. The van der Waals surface area contributed by atoms with E-state index in [0.717, 1.165) is 29.7 Å². The monoisotopic (exact) mass is 330 g/mol. The molecule has 5 nitrogen and oxygen atoms in total. The van der Waals surface area contributed by atoms with Crippen LogP contribution in [0.25, 0.3) is 11.0 Å². The minimum absolute atomic E-state index is 0.0123. The number of carbonyl (C=O) groups excluding carboxylic acids is 1. The Balaban J connectivity index is 2.34. The molecular formula is C19H26N2O3.